The minimum atomic E-state index is -0.931. The smallest absolute Gasteiger partial charge is 0.274 e. The fraction of sp³-hybridized carbons (Fsp3) is 0.387. The van der Waals surface area contributed by atoms with Crippen LogP contribution in [0, 0.1) is 11.6 Å². The van der Waals surface area contributed by atoms with Crippen molar-refractivity contribution in [2.75, 3.05) is 6.54 Å². The highest BCUT2D eigenvalue weighted by atomic mass is 19.1. The topological polar surface area (TPSA) is 107 Å². The lowest BCUT2D eigenvalue weighted by molar-refractivity contribution is -0.225. The summed E-state index contributed by atoms with van der Waals surface area (Å²) >= 11 is 0. The van der Waals surface area contributed by atoms with Crippen LogP contribution in [0.15, 0.2) is 59.5 Å². The third kappa shape index (κ3) is 4.76. The summed E-state index contributed by atoms with van der Waals surface area (Å²) in [4.78, 5) is 48.3. The number of carbonyl (C=O) groups is 2. The molecule has 11 heteroatoms. The number of primary amides is 1. The number of hydrogen-bond donors (Lipinski definition) is 1. The van der Waals surface area contributed by atoms with E-state index >= 15 is 0 Å². The largest absolute Gasteiger partial charge is 0.483 e. The Hall–Kier alpha value is -4.09. The first-order valence-electron chi connectivity index (χ1n) is 14.0. The SMILES string of the molecule is CC1C[C@@]2(CC[C@H](C)N3C[C@H]2n2cc(C(N)=O)c(=O)c(OCc4ccccc4)c2C3=O)ON1Cc1ccc(F)cc1F. The van der Waals surface area contributed by atoms with Gasteiger partial charge in [0.2, 0.25) is 5.43 Å². The van der Waals surface area contributed by atoms with Crippen LogP contribution in [0.4, 0.5) is 8.78 Å². The Bertz CT molecular complexity index is 1610. The van der Waals surface area contributed by atoms with Crippen molar-refractivity contribution < 1.29 is 27.9 Å². The van der Waals surface area contributed by atoms with Gasteiger partial charge in [-0.05, 0) is 44.7 Å². The van der Waals surface area contributed by atoms with Crippen LogP contribution in [0.25, 0.3) is 0 Å². The first-order chi connectivity index (χ1) is 20.1. The predicted octanol–water partition coefficient (Wildman–Crippen LogP) is 3.95. The number of carbonyl (C=O) groups excluding carboxylic acids is 2. The molecule has 2 bridgehead atoms. The van der Waals surface area contributed by atoms with Crippen LogP contribution in [0.2, 0.25) is 0 Å². The molecule has 2 fully saturated rings. The van der Waals surface area contributed by atoms with E-state index in [2.05, 4.69) is 0 Å². The number of pyridine rings is 1. The normalized spacial score (nSPS) is 25.4. The molecule has 9 nitrogen and oxygen atoms in total. The van der Waals surface area contributed by atoms with E-state index in [4.69, 9.17) is 15.3 Å². The summed E-state index contributed by atoms with van der Waals surface area (Å²) in [6.45, 7) is 4.29. The molecule has 3 aliphatic heterocycles. The van der Waals surface area contributed by atoms with Gasteiger partial charge in [-0.25, -0.2) is 8.78 Å². The van der Waals surface area contributed by atoms with Crippen LogP contribution in [0.1, 0.15) is 71.1 Å². The minimum Gasteiger partial charge on any atom is -0.483 e. The summed E-state index contributed by atoms with van der Waals surface area (Å²) in [7, 11) is 0. The van der Waals surface area contributed by atoms with Crippen molar-refractivity contribution in [1.29, 1.82) is 0 Å². The molecule has 2 aromatic carbocycles. The number of fused-ring (bicyclic) bond motifs is 5. The Kier molecular flexibility index (Phi) is 7.10. The quantitative estimate of drug-likeness (QED) is 0.475. The highest BCUT2D eigenvalue weighted by Gasteiger charge is 2.55. The third-order valence-electron chi connectivity index (χ3n) is 8.75. The summed E-state index contributed by atoms with van der Waals surface area (Å²) in [5, 5.41) is 1.69. The fourth-order valence-corrected chi connectivity index (χ4v) is 6.48. The van der Waals surface area contributed by atoms with Crippen molar-refractivity contribution in [2.24, 2.45) is 5.73 Å². The average molecular weight is 579 g/mol. The van der Waals surface area contributed by atoms with E-state index in [1.165, 1.54) is 18.3 Å². The fourth-order valence-electron chi connectivity index (χ4n) is 6.48. The lowest BCUT2D eigenvalue weighted by Crippen LogP contribution is -2.52. The number of nitrogens with two attached hydrogens (primary N) is 1. The van der Waals surface area contributed by atoms with Crippen molar-refractivity contribution in [3.8, 4) is 5.75 Å². The maximum absolute atomic E-state index is 14.6. The maximum Gasteiger partial charge on any atom is 0.274 e. The molecule has 6 rings (SSSR count). The zero-order valence-corrected chi connectivity index (χ0v) is 23.4. The van der Waals surface area contributed by atoms with Crippen LogP contribution in [0.3, 0.4) is 0 Å². The number of nitrogens with zero attached hydrogens (tertiary/aromatic N) is 3. The third-order valence-corrected chi connectivity index (χ3v) is 8.75. The first kappa shape index (κ1) is 28.0. The van der Waals surface area contributed by atoms with Crippen molar-refractivity contribution in [3.63, 3.8) is 0 Å². The number of rotatable bonds is 6. The van der Waals surface area contributed by atoms with Crippen LogP contribution in [-0.4, -0.2) is 50.6 Å². The number of amides is 2. The van der Waals surface area contributed by atoms with Gasteiger partial charge >= 0.3 is 0 Å². The molecule has 4 heterocycles. The maximum atomic E-state index is 14.6. The molecule has 3 aromatic rings. The summed E-state index contributed by atoms with van der Waals surface area (Å²) in [6, 6.07) is 11.8. The van der Waals surface area contributed by atoms with Gasteiger partial charge in [-0.2, -0.15) is 5.06 Å². The second-order valence-electron chi connectivity index (χ2n) is 11.5. The summed E-state index contributed by atoms with van der Waals surface area (Å²) < 4.78 is 35.7. The lowest BCUT2D eigenvalue weighted by atomic mass is 9.84. The van der Waals surface area contributed by atoms with Crippen molar-refractivity contribution in [2.45, 2.75) is 70.0 Å². The van der Waals surface area contributed by atoms with Crippen LogP contribution >= 0.6 is 0 Å². The van der Waals surface area contributed by atoms with Crippen LogP contribution in [0.5, 0.6) is 5.75 Å². The van der Waals surface area contributed by atoms with Gasteiger partial charge in [-0.15, -0.1) is 0 Å². The number of hydrogen-bond acceptors (Lipinski definition) is 6. The number of hydroxylamine groups is 2. The molecular weight excluding hydrogens is 546 g/mol. The molecular formula is C31H32F2N4O5. The molecule has 3 aliphatic rings. The molecule has 2 N–H and O–H groups in total. The zero-order valence-electron chi connectivity index (χ0n) is 23.4. The first-order valence-corrected chi connectivity index (χ1v) is 14.0. The molecule has 1 unspecified atom stereocenters. The van der Waals surface area contributed by atoms with Gasteiger partial charge in [-0.3, -0.25) is 19.2 Å². The number of aromatic nitrogens is 1. The summed E-state index contributed by atoms with van der Waals surface area (Å²) in [6.07, 6.45) is 3.07. The summed E-state index contributed by atoms with van der Waals surface area (Å²) in [5.74, 6) is -2.85. The molecule has 0 radical (unpaired) electrons. The Labute approximate surface area is 241 Å². The second-order valence-corrected chi connectivity index (χ2v) is 11.5. The van der Waals surface area contributed by atoms with Crippen molar-refractivity contribution >= 4 is 11.8 Å². The average Bonchev–Trinajstić information content (AvgIpc) is 3.22. The van der Waals surface area contributed by atoms with E-state index in [1.54, 1.807) is 14.5 Å². The Morgan fingerprint density at radius 3 is 2.60 bits per heavy atom. The molecule has 0 saturated carbocycles. The van der Waals surface area contributed by atoms with Gasteiger partial charge in [0.1, 0.15) is 29.4 Å². The molecule has 4 atom stereocenters. The molecule has 2 amide bonds. The summed E-state index contributed by atoms with van der Waals surface area (Å²) in [5.41, 5.74) is 4.87. The molecule has 220 valence electrons. The standard InChI is InChI=1S/C31H32F2N4O5/c1-18-10-11-31(13-19(2)37(42-31)14-21-8-9-22(32)12-24(21)33)25-16-35(18)30(40)26-28(41-17-20-6-4-3-5-7-20)27(38)23(29(34)39)15-36(25)26/h3-9,12,15,18-19,25H,10-11,13-14,16-17H2,1-2H3,(H2,34,39)/t18-,19?,25+,31+/m0/s1. The number of ether oxygens (including phenoxy) is 1. The Morgan fingerprint density at radius 1 is 1.12 bits per heavy atom. The van der Waals surface area contributed by atoms with E-state index < -0.39 is 34.6 Å². The number of halogens is 2. The van der Waals surface area contributed by atoms with E-state index in [-0.39, 0.29) is 54.7 Å². The molecule has 42 heavy (non-hydrogen) atoms. The van der Waals surface area contributed by atoms with E-state index in [9.17, 15) is 23.2 Å². The highest BCUT2D eigenvalue weighted by molar-refractivity contribution is 5.99. The van der Waals surface area contributed by atoms with Crippen LogP contribution in [-0.2, 0) is 18.0 Å². The van der Waals surface area contributed by atoms with Gasteiger partial charge in [0.05, 0.1) is 12.6 Å². The Balaban J connectivity index is 1.44. The van der Waals surface area contributed by atoms with E-state index in [0.717, 1.165) is 11.6 Å². The Morgan fingerprint density at radius 2 is 1.88 bits per heavy atom. The van der Waals surface area contributed by atoms with Gasteiger partial charge in [0, 0.05) is 36.5 Å². The van der Waals surface area contributed by atoms with E-state index in [0.29, 0.717) is 24.8 Å². The molecule has 1 spiro atoms. The van der Waals surface area contributed by atoms with Crippen molar-refractivity contribution in [3.05, 3.63) is 99.0 Å². The molecule has 0 aliphatic carbocycles. The zero-order chi connectivity index (χ0) is 29.8. The predicted molar refractivity (Wildman–Crippen MR) is 149 cm³/mol. The minimum absolute atomic E-state index is 0.00842. The molecule has 2 saturated heterocycles. The second kappa shape index (κ2) is 10.6. The van der Waals surface area contributed by atoms with Gasteiger partial charge in [0.25, 0.3) is 11.8 Å². The lowest BCUT2D eigenvalue weighted by Gasteiger charge is -2.43. The van der Waals surface area contributed by atoms with Gasteiger partial charge in [-0.1, -0.05) is 36.4 Å². The monoisotopic (exact) mass is 578 g/mol. The van der Waals surface area contributed by atoms with Crippen molar-refractivity contribution in [1.82, 2.24) is 14.5 Å². The highest BCUT2D eigenvalue weighted by Crippen LogP contribution is 2.49. The van der Waals surface area contributed by atoms with Gasteiger partial charge in [0.15, 0.2) is 11.4 Å². The van der Waals surface area contributed by atoms with E-state index in [1.807, 2.05) is 44.2 Å². The van der Waals surface area contributed by atoms with Crippen LogP contribution < -0.4 is 15.9 Å². The van der Waals surface area contributed by atoms with Gasteiger partial charge < -0.3 is 19.9 Å². The molecule has 1 aromatic heterocycles. The number of benzene rings is 2.